The lowest BCUT2D eigenvalue weighted by atomic mass is 9.59. The summed E-state index contributed by atoms with van der Waals surface area (Å²) < 4.78 is 8.07. The summed E-state index contributed by atoms with van der Waals surface area (Å²) in [5.41, 5.74) is 8.23. The average Bonchev–Trinajstić information content (AvgIpc) is 2.87. The fraction of sp³-hybridized carbons (Fsp3) is 0.265. The van der Waals surface area contributed by atoms with Crippen LogP contribution in [0.15, 0.2) is 91.0 Å². The number of rotatable bonds is 2. The SMILES string of the molecule is CC(C)(c1ccc2c(c1)C(C)(C)c1cccc(Br)c1C2(C)C)c1ccc2oc3ccccc3c(=O)c2c1Br. The predicted molar refractivity (Wildman–Crippen MR) is 165 cm³/mol. The molecule has 0 fully saturated rings. The summed E-state index contributed by atoms with van der Waals surface area (Å²) in [7, 11) is 0. The molecule has 1 heterocycles. The van der Waals surface area contributed by atoms with Gasteiger partial charge in [-0.2, -0.15) is 0 Å². The molecule has 0 aliphatic heterocycles. The maximum absolute atomic E-state index is 13.5. The normalized spacial score (nSPS) is 15.9. The molecular formula is C34H30Br2O2. The molecule has 0 atom stereocenters. The number of hydrogen-bond acceptors (Lipinski definition) is 2. The van der Waals surface area contributed by atoms with Crippen molar-refractivity contribution >= 4 is 53.8 Å². The van der Waals surface area contributed by atoms with Gasteiger partial charge in [-0.25, -0.2) is 0 Å². The molecule has 2 nitrogen and oxygen atoms in total. The largest absolute Gasteiger partial charge is 0.456 e. The van der Waals surface area contributed by atoms with Crippen LogP contribution in [0.1, 0.15) is 74.9 Å². The van der Waals surface area contributed by atoms with Crippen LogP contribution in [0.4, 0.5) is 0 Å². The molecule has 1 aliphatic rings. The van der Waals surface area contributed by atoms with E-state index in [1.165, 1.54) is 27.8 Å². The second-order valence-electron chi connectivity index (χ2n) is 12.0. The average molecular weight is 630 g/mol. The monoisotopic (exact) mass is 628 g/mol. The van der Waals surface area contributed by atoms with Crippen molar-refractivity contribution in [3.63, 3.8) is 0 Å². The molecule has 6 rings (SSSR count). The molecule has 5 aromatic rings. The maximum Gasteiger partial charge on any atom is 0.201 e. The summed E-state index contributed by atoms with van der Waals surface area (Å²) in [5.74, 6) is 0. The van der Waals surface area contributed by atoms with Gasteiger partial charge >= 0.3 is 0 Å². The van der Waals surface area contributed by atoms with E-state index in [9.17, 15) is 4.79 Å². The van der Waals surface area contributed by atoms with Crippen LogP contribution in [0.3, 0.4) is 0 Å². The quantitative estimate of drug-likeness (QED) is 0.182. The van der Waals surface area contributed by atoms with E-state index < -0.39 is 0 Å². The molecule has 38 heavy (non-hydrogen) atoms. The van der Waals surface area contributed by atoms with Gasteiger partial charge in [0.05, 0.1) is 10.8 Å². The smallest absolute Gasteiger partial charge is 0.201 e. The summed E-state index contributed by atoms with van der Waals surface area (Å²) in [6.45, 7) is 13.7. The van der Waals surface area contributed by atoms with Crippen molar-refractivity contribution in [2.45, 2.75) is 57.8 Å². The first-order chi connectivity index (χ1) is 17.9. The lowest BCUT2D eigenvalue weighted by molar-refractivity contribution is 0.514. The number of benzene rings is 4. The van der Waals surface area contributed by atoms with Crippen molar-refractivity contribution in [1.29, 1.82) is 0 Å². The van der Waals surface area contributed by atoms with Crippen LogP contribution in [0.2, 0.25) is 0 Å². The third-order valence-electron chi connectivity index (χ3n) is 8.76. The van der Waals surface area contributed by atoms with Gasteiger partial charge in [-0.15, -0.1) is 0 Å². The molecule has 1 aromatic heterocycles. The highest BCUT2D eigenvalue weighted by molar-refractivity contribution is 9.11. The molecule has 0 spiro atoms. The Bertz CT molecular complexity index is 1840. The van der Waals surface area contributed by atoms with Crippen LogP contribution in [-0.2, 0) is 16.2 Å². The molecule has 0 unspecified atom stereocenters. The molecule has 0 radical (unpaired) electrons. The Labute approximate surface area is 240 Å². The highest BCUT2D eigenvalue weighted by atomic mass is 79.9. The minimum Gasteiger partial charge on any atom is -0.456 e. The van der Waals surface area contributed by atoms with Gasteiger partial charge in [-0.1, -0.05) is 106 Å². The molecule has 192 valence electrons. The van der Waals surface area contributed by atoms with E-state index in [4.69, 9.17) is 4.42 Å². The van der Waals surface area contributed by atoms with Crippen LogP contribution in [0.5, 0.6) is 0 Å². The van der Waals surface area contributed by atoms with Gasteiger partial charge in [-0.05, 0) is 73.6 Å². The van der Waals surface area contributed by atoms with E-state index in [1.807, 2.05) is 30.3 Å². The molecule has 4 heteroatoms. The molecule has 1 aliphatic carbocycles. The van der Waals surface area contributed by atoms with Gasteiger partial charge in [0.2, 0.25) is 5.43 Å². The number of halogens is 2. The van der Waals surface area contributed by atoms with Crippen LogP contribution < -0.4 is 5.43 Å². The zero-order chi connectivity index (χ0) is 27.2. The third-order valence-corrected chi connectivity index (χ3v) is 10.2. The number of para-hydroxylation sites is 1. The highest BCUT2D eigenvalue weighted by Gasteiger charge is 2.43. The Morgan fingerprint density at radius 1 is 0.737 bits per heavy atom. The van der Waals surface area contributed by atoms with E-state index >= 15 is 0 Å². The zero-order valence-corrected chi connectivity index (χ0v) is 25.7. The van der Waals surface area contributed by atoms with Gasteiger partial charge in [0, 0.05) is 25.2 Å². The van der Waals surface area contributed by atoms with E-state index in [-0.39, 0.29) is 21.7 Å². The fourth-order valence-electron chi connectivity index (χ4n) is 6.44. The predicted octanol–water partition coefficient (Wildman–Crippen LogP) is 9.76. The van der Waals surface area contributed by atoms with Gasteiger partial charge in [0.1, 0.15) is 11.2 Å². The van der Waals surface area contributed by atoms with Gasteiger partial charge in [-0.3, -0.25) is 4.79 Å². The minimum atomic E-state index is -0.363. The first kappa shape index (κ1) is 25.6. The standard InChI is InChI=1S/C34H30Br2O2/c1-32(2,23-16-17-27-28(30(23)36)31(37)20-10-7-8-13-26(20)38-27)19-14-15-21-24(18-19)33(3,4)22-11-9-12-25(35)29(22)34(21,5)6/h7-18H,1-6H3. The van der Waals surface area contributed by atoms with E-state index in [2.05, 4.69) is 116 Å². The molecule has 0 amide bonds. The fourth-order valence-corrected chi connectivity index (χ4v) is 8.31. The zero-order valence-electron chi connectivity index (χ0n) is 22.5. The molecule has 0 bridgehead atoms. The maximum atomic E-state index is 13.5. The van der Waals surface area contributed by atoms with Gasteiger partial charge < -0.3 is 4.42 Å². The molecule has 0 N–H and O–H groups in total. The summed E-state index contributed by atoms with van der Waals surface area (Å²) in [5, 5.41) is 1.19. The first-order valence-corrected chi connectivity index (χ1v) is 14.5. The van der Waals surface area contributed by atoms with Crippen molar-refractivity contribution < 1.29 is 4.42 Å². The van der Waals surface area contributed by atoms with Crippen LogP contribution in [0, 0.1) is 0 Å². The second kappa shape index (κ2) is 8.40. The van der Waals surface area contributed by atoms with Gasteiger partial charge in [0.25, 0.3) is 0 Å². The molecular weight excluding hydrogens is 600 g/mol. The van der Waals surface area contributed by atoms with Crippen LogP contribution in [0.25, 0.3) is 21.9 Å². The Morgan fingerprint density at radius 2 is 1.47 bits per heavy atom. The summed E-state index contributed by atoms with van der Waals surface area (Å²) in [6, 6.07) is 25.0. The molecule has 4 aromatic carbocycles. The van der Waals surface area contributed by atoms with Crippen molar-refractivity contribution in [1.82, 2.24) is 0 Å². The number of hydrogen-bond donors (Lipinski definition) is 0. The summed E-state index contributed by atoms with van der Waals surface area (Å²) >= 11 is 7.68. The third kappa shape index (κ3) is 3.46. The summed E-state index contributed by atoms with van der Waals surface area (Å²) in [6.07, 6.45) is 0. The van der Waals surface area contributed by atoms with Crippen LogP contribution in [-0.4, -0.2) is 0 Å². The molecule has 0 saturated heterocycles. The first-order valence-electron chi connectivity index (χ1n) is 13.0. The minimum absolute atomic E-state index is 0.0121. The van der Waals surface area contributed by atoms with E-state index in [0.29, 0.717) is 21.9 Å². The van der Waals surface area contributed by atoms with E-state index in [1.54, 1.807) is 0 Å². The van der Waals surface area contributed by atoms with Crippen LogP contribution >= 0.6 is 31.9 Å². The van der Waals surface area contributed by atoms with Crippen molar-refractivity contribution in [3.8, 4) is 0 Å². The Hall–Kier alpha value is -2.69. The Kier molecular flexibility index (Phi) is 5.66. The lowest BCUT2D eigenvalue weighted by Gasteiger charge is -2.45. The van der Waals surface area contributed by atoms with Crippen molar-refractivity contribution in [3.05, 3.63) is 125 Å². The Balaban J connectivity index is 1.56. The lowest BCUT2D eigenvalue weighted by Crippen LogP contribution is -2.37. The summed E-state index contributed by atoms with van der Waals surface area (Å²) in [4.78, 5) is 13.5. The van der Waals surface area contributed by atoms with E-state index in [0.717, 1.165) is 14.5 Å². The van der Waals surface area contributed by atoms with Crippen molar-refractivity contribution in [2.75, 3.05) is 0 Å². The van der Waals surface area contributed by atoms with Crippen molar-refractivity contribution in [2.24, 2.45) is 0 Å². The number of fused-ring (bicyclic) bond motifs is 4. The Morgan fingerprint density at radius 3 is 2.24 bits per heavy atom. The highest BCUT2D eigenvalue weighted by Crippen LogP contribution is 2.53. The topological polar surface area (TPSA) is 30.2 Å². The second-order valence-corrected chi connectivity index (χ2v) is 13.7. The molecule has 0 saturated carbocycles. The van der Waals surface area contributed by atoms with Gasteiger partial charge in [0.15, 0.2) is 0 Å².